The van der Waals surface area contributed by atoms with Crippen molar-refractivity contribution in [2.75, 3.05) is 20.8 Å². The Morgan fingerprint density at radius 3 is 2.30 bits per heavy atom. The summed E-state index contributed by atoms with van der Waals surface area (Å²) >= 11 is 0. The quantitative estimate of drug-likeness (QED) is 0.873. The first-order chi connectivity index (χ1) is 9.56. The number of esters is 1. The Labute approximate surface area is 117 Å². The van der Waals surface area contributed by atoms with Crippen molar-refractivity contribution in [2.24, 2.45) is 0 Å². The van der Waals surface area contributed by atoms with Crippen LogP contribution in [0.3, 0.4) is 0 Å². The second kappa shape index (κ2) is 5.45. The van der Waals surface area contributed by atoms with Gasteiger partial charge in [-0.25, -0.2) is 4.79 Å². The second-order valence-corrected chi connectivity index (χ2v) is 4.49. The van der Waals surface area contributed by atoms with Gasteiger partial charge in [0.05, 0.1) is 37.3 Å². The van der Waals surface area contributed by atoms with Crippen LogP contribution >= 0.6 is 0 Å². The fourth-order valence-electron chi connectivity index (χ4n) is 2.43. The van der Waals surface area contributed by atoms with E-state index in [1.165, 1.54) is 0 Å². The molecular formula is C15H19NO4. The molecule has 0 bridgehead atoms. The zero-order chi connectivity index (χ0) is 14.9. The van der Waals surface area contributed by atoms with Crippen LogP contribution in [0.25, 0.3) is 10.9 Å². The number of carbonyl (C=O) groups is 1. The first-order valence-corrected chi connectivity index (χ1v) is 6.46. The molecule has 5 heteroatoms. The molecular weight excluding hydrogens is 258 g/mol. The topological polar surface area (TPSA) is 60.6 Å². The van der Waals surface area contributed by atoms with Crippen LogP contribution in [0.4, 0.5) is 0 Å². The number of fused-ring (bicyclic) bond motifs is 1. The Kier molecular flexibility index (Phi) is 3.88. The summed E-state index contributed by atoms with van der Waals surface area (Å²) < 4.78 is 16.0. The Hall–Kier alpha value is -2.17. The van der Waals surface area contributed by atoms with Gasteiger partial charge in [-0.1, -0.05) is 0 Å². The minimum Gasteiger partial charge on any atom is -0.496 e. The molecule has 0 spiro atoms. The zero-order valence-corrected chi connectivity index (χ0v) is 12.4. The Morgan fingerprint density at radius 1 is 1.15 bits per heavy atom. The van der Waals surface area contributed by atoms with Crippen LogP contribution in [-0.2, 0) is 4.74 Å². The smallest absolute Gasteiger partial charge is 0.340 e. The van der Waals surface area contributed by atoms with Gasteiger partial charge in [0.2, 0.25) is 0 Å². The molecule has 0 unspecified atom stereocenters. The summed E-state index contributed by atoms with van der Waals surface area (Å²) in [6.07, 6.45) is 1.63. The monoisotopic (exact) mass is 277 g/mol. The van der Waals surface area contributed by atoms with Crippen LogP contribution in [0, 0.1) is 13.8 Å². The van der Waals surface area contributed by atoms with E-state index in [2.05, 4.69) is 4.98 Å². The van der Waals surface area contributed by atoms with Crippen molar-refractivity contribution in [3.05, 3.63) is 22.9 Å². The van der Waals surface area contributed by atoms with Gasteiger partial charge in [-0.15, -0.1) is 0 Å². The largest absolute Gasteiger partial charge is 0.496 e. The van der Waals surface area contributed by atoms with Crippen LogP contribution in [0.1, 0.15) is 28.4 Å². The van der Waals surface area contributed by atoms with Gasteiger partial charge in [0.25, 0.3) is 0 Å². The molecule has 0 aliphatic rings. The fourth-order valence-corrected chi connectivity index (χ4v) is 2.43. The lowest BCUT2D eigenvalue weighted by atomic mass is 10.0. The fraction of sp³-hybridized carbons (Fsp3) is 0.400. The first-order valence-electron chi connectivity index (χ1n) is 6.46. The van der Waals surface area contributed by atoms with Crippen LogP contribution in [-0.4, -0.2) is 31.8 Å². The number of hydrogen-bond acceptors (Lipinski definition) is 4. The maximum Gasteiger partial charge on any atom is 0.340 e. The van der Waals surface area contributed by atoms with Gasteiger partial charge in [-0.05, 0) is 31.9 Å². The van der Waals surface area contributed by atoms with Crippen molar-refractivity contribution in [1.82, 2.24) is 4.98 Å². The molecule has 108 valence electrons. The number of methoxy groups -OCH3 is 2. The predicted molar refractivity (Wildman–Crippen MR) is 76.8 cm³/mol. The minimum absolute atomic E-state index is 0.329. The molecule has 5 nitrogen and oxygen atoms in total. The molecule has 1 N–H and O–H groups in total. The Balaban J connectivity index is 2.82. The lowest BCUT2D eigenvalue weighted by molar-refractivity contribution is 0.0528. The van der Waals surface area contributed by atoms with E-state index in [1.54, 1.807) is 27.3 Å². The van der Waals surface area contributed by atoms with Gasteiger partial charge in [0.1, 0.15) is 11.5 Å². The third-order valence-electron chi connectivity index (χ3n) is 3.48. The third kappa shape index (κ3) is 1.99. The zero-order valence-electron chi connectivity index (χ0n) is 12.4. The second-order valence-electron chi connectivity index (χ2n) is 4.49. The summed E-state index contributed by atoms with van der Waals surface area (Å²) in [6.45, 7) is 6.01. The lowest BCUT2D eigenvalue weighted by Crippen LogP contribution is -2.05. The minimum atomic E-state index is -0.373. The average Bonchev–Trinajstić information content (AvgIpc) is 2.85. The molecule has 0 aliphatic heterocycles. The van der Waals surface area contributed by atoms with Gasteiger partial charge < -0.3 is 19.2 Å². The van der Waals surface area contributed by atoms with Gasteiger partial charge >= 0.3 is 5.97 Å². The van der Waals surface area contributed by atoms with Crippen LogP contribution in [0.2, 0.25) is 0 Å². The molecule has 2 rings (SSSR count). The number of carbonyl (C=O) groups excluding carboxylic acids is 1. The van der Waals surface area contributed by atoms with Gasteiger partial charge in [-0.3, -0.25) is 0 Å². The average molecular weight is 277 g/mol. The molecule has 0 atom stereocenters. The van der Waals surface area contributed by atoms with Crippen molar-refractivity contribution in [3.63, 3.8) is 0 Å². The van der Waals surface area contributed by atoms with Gasteiger partial charge in [0, 0.05) is 6.20 Å². The number of aromatic amines is 1. The molecule has 1 aromatic carbocycles. The highest BCUT2D eigenvalue weighted by molar-refractivity contribution is 6.09. The highest BCUT2D eigenvalue weighted by Crippen LogP contribution is 2.41. The summed E-state index contributed by atoms with van der Waals surface area (Å²) in [6, 6.07) is 0. The standard InChI is InChI=1S/C15H19NO4/c1-6-20-15(17)10-7-16-12-11(10)13(18-4)8(2)9(3)14(12)19-5/h7,16H,6H2,1-5H3. The molecule has 1 heterocycles. The Bertz CT molecular complexity index is 658. The van der Waals surface area contributed by atoms with Crippen molar-refractivity contribution in [3.8, 4) is 11.5 Å². The number of ether oxygens (including phenoxy) is 3. The van der Waals surface area contributed by atoms with Crippen molar-refractivity contribution in [1.29, 1.82) is 0 Å². The van der Waals surface area contributed by atoms with E-state index in [9.17, 15) is 4.79 Å². The normalized spacial score (nSPS) is 10.7. The highest BCUT2D eigenvalue weighted by Gasteiger charge is 2.23. The highest BCUT2D eigenvalue weighted by atomic mass is 16.5. The number of hydrogen-bond donors (Lipinski definition) is 1. The molecule has 20 heavy (non-hydrogen) atoms. The third-order valence-corrected chi connectivity index (χ3v) is 3.48. The molecule has 2 aromatic rings. The summed E-state index contributed by atoms with van der Waals surface area (Å²) in [5.74, 6) is 1.01. The molecule has 0 radical (unpaired) electrons. The molecule has 0 aliphatic carbocycles. The maximum atomic E-state index is 12.0. The lowest BCUT2D eigenvalue weighted by Gasteiger charge is -2.15. The molecule has 0 saturated carbocycles. The summed E-state index contributed by atoms with van der Waals surface area (Å²) in [5.41, 5.74) is 3.13. The number of nitrogens with one attached hydrogen (secondary N) is 1. The van der Waals surface area contributed by atoms with E-state index in [0.717, 1.165) is 16.6 Å². The van der Waals surface area contributed by atoms with E-state index < -0.39 is 0 Å². The summed E-state index contributed by atoms with van der Waals surface area (Å²) in [7, 11) is 3.20. The van der Waals surface area contributed by atoms with Gasteiger partial charge in [0.15, 0.2) is 0 Å². The van der Waals surface area contributed by atoms with Crippen LogP contribution < -0.4 is 9.47 Å². The predicted octanol–water partition coefficient (Wildman–Crippen LogP) is 2.98. The summed E-state index contributed by atoms with van der Waals surface area (Å²) in [4.78, 5) is 15.1. The van der Waals surface area contributed by atoms with Crippen molar-refractivity contribution in [2.45, 2.75) is 20.8 Å². The first kappa shape index (κ1) is 14.2. The van der Waals surface area contributed by atoms with Crippen molar-refractivity contribution >= 4 is 16.9 Å². The Morgan fingerprint density at radius 2 is 1.75 bits per heavy atom. The maximum absolute atomic E-state index is 12.0. The molecule has 0 fully saturated rings. The molecule has 0 saturated heterocycles. The molecule has 0 amide bonds. The number of benzene rings is 1. The summed E-state index contributed by atoms with van der Waals surface area (Å²) in [5, 5.41) is 0.700. The van der Waals surface area contributed by atoms with Crippen LogP contribution in [0.15, 0.2) is 6.20 Å². The molecule has 1 aromatic heterocycles. The van der Waals surface area contributed by atoms with E-state index in [0.29, 0.717) is 29.1 Å². The van der Waals surface area contributed by atoms with Crippen molar-refractivity contribution < 1.29 is 19.0 Å². The van der Waals surface area contributed by atoms with E-state index in [1.807, 2.05) is 13.8 Å². The number of rotatable bonds is 4. The number of H-pyrrole nitrogens is 1. The van der Waals surface area contributed by atoms with Gasteiger partial charge in [-0.2, -0.15) is 0 Å². The van der Waals surface area contributed by atoms with E-state index in [-0.39, 0.29) is 5.97 Å². The van der Waals surface area contributed by atoms with E-state index >= 15 is 0 Å². The number of aromatic nitrogens is 1. The SMILES string of the molecule is CCOC(=O)c1c[nH]c2c(OC)c(C)c(C)c(OC)c12. The van der Waals surface area contributed by atoms with E-state index in [4.69, 9.17) is 14.2 Å². The van der Waals surface area contributed by atoms with Crippen LogP contribution in [0.5, 0.6) is 11.5 Å².